The van der Waals surface area contributed by atoms with Crippen molar-refractivity contribution < 1.29 is 24.2 Å². The van der Waals surface area contributed by atoms with Crippen LogP contribution in [0.2, 0.25) is 0 Å². The number of ether oxygens (including phenoxy) is 2. The lowest BCUT2D eigenvalue weighted by molar-refractivity contribution is -0.247. The first-order chi connectivity index (χ1) is 23.4. The number of fused-ring (bicyclic) bond motifs is 7. The minimum Gasteiger partial charge on any atom is -0.469 e. The van der Waals surface area contributed by atoms with Gasteiger partial charge in [-0.25, -0.2) is 0 Å². The predicted octanol–water partition coefficient (Wildman–Crippen LogP) is 9.69. The molecule has 0 radical (unpaired) electrons. The lowest BCUT2D eigenvalue weighted by atomic mass is 9.32. The summed E-state index contributed by atoms with van der Waals surface area (Å²) in [4.78, 5) is 25.6. The van der Waals surface area contributed by atoms with Crippen molar-refractivity contribution in [2.24, 2.45) is 62.1 Å². The van der Waals surface area contributed by atoms with E-state index in [1.807, 2.05) is 18.2 Å². The maximum Gasteiger partial charge on any atom is 0.311 e. The molecular formula is C45H64O5. The highest BCUT2D eigenvalue weighted by molar-refractivity contribution is 5.82. The van der Waals surface area contributed by atoms with Gasteiger partial charge >= 0.3 is 11.9 Å². The summed E-state index contributed by atoms with van der Waals surface area (Å²) in [5.41, 5.74) is 2.74. The number of hydrogen-bond acceptors (Lipinski definition) is 5. The Morgan fingerprint density at radius 2 is 1.64 bits per heavy atom. The summed E-state index contributed by atoms with van der Waals surface area (Å²) >= 11 is 0. The predicted molar refractivity (Wildman–Crippen MR) is 199 cm³/mol. The highest BCUT2D eigenvalue weighted by atomic mass is 16.5. The zero-order valence-electron chi connectivity index (χ0n) is 32.5. The smallest absolute Gasteiger partial charge is 0.311 e. The van der Waals surface area contributed by atoms with E-state index in [0.29, 0.717) is 29.6 Å². The number of aliphatic hydroxyl groups is 1. The van der Waals surface area contributed by atoms with E-state index in [0.717, 1.165) is 43.2 Å². The minimum absolute atomic E-state index is 0.00692. The van der Waals surface area contributed by atoms with Crippen LogP contribution >= 0.6 is 0 Å². The van der Waals surface area contributed by atoms with Crippen molar-refractivity contribution in [2.75, 3.05) is 7.11 Å². The number of hydrogen-bond donors (Lipinski definition) is 1. The van der Waals surface area contributed by atoms with Crippen molar-refractivity contribution in [3.8, 4) is 11.8 Å². The fourth-order valence-corrected chi connectivity index (χ4v) is 13.4. The van der Waals surface area contributed by atoms with Gasteiger partial charge in [0.15, 0.2) is 0 Å². The molecule has 5 nitrogen and oxygen atoms in total. The van der Waals surface area contributed by atoms with Crippen LogP contribution in [0.15, 0.2) is 36.4 Å². The molecule has 0 aliphatic heterocycles. The maximum absolute atomic E-state index is 13.2. The molecule has 5 aliphatic carbocycles. The molecule has 6 unspecified atom stereocenters. The first-order valence-electron chi connectivity index (χ1n) is 19.6. The quantitative estimate of drug-likeness (QED) is 0.184. The van der Waals surface area contributed by atoms with Gasteiger partial charge in [-0.05, 0) is 142 Å². The second-order valence-corrected chi connectivity index (χ2v) is 19.3. The molecule has 0 spiro atoms. The monoisotopic (exact) mass is 684 g/mol. The van der Waals surface area contributed by atoms with Crippen molar-refractivity contribution in [1.82, 2.24) is 0 Å². The van der Waals surface area contributed by atoms with Gasteiger partial charge in [0.2, 0.25) is 0 Å². The molecule has 1 N–H and O–H groups in total. The van der Waals surface area contributed by atoms with E-state index < -0.39 is 5.41 Å². The molecule has 50 heavy (non-hydrogen) atoms. The van der Waals surface area contributed by atoms with Crippen LogP contribution < -0.4 is 0 Å². The van der Waals surface area contributed by atoms with Crippen LogP contribution in [0.5, 0.6) is 0 Å². The van der Waals surface area contributed by atoms with Gasteiger partial charge in [-0.1, -0.05) is 76.8 Å². The number of esters is 2. The molecule has 5 fully saturated rings. The minimum atomic E-state index is -0.907. The van der Waals surface area contributed by atoms with E-state index in [4.69, 9.17) is 9.47 Å². The lowest BCUT2D eigenvalue weighted by Crippen LogP contribution is -2.66. The highest BCUT2D eigenvalue weighted by Gasteiger charge is 2.71. The fourth-order valence-electron chi connectivity index (χ4n) is 13.4. The Bertz CT molecular complexity index is 1580. The number of benzene rings is 1. The second kappa shape index (κ2) is 12.8. The number of methoxy groups -OCH3 is 1. The van der Waals surface area contributed by atoms with E-state index in [1.54, 1.807) is 13.8 Å². The first-order valence-corrected chi connectivity index (χ1v) is 19.6. The summed E-state index contributed by atoms with van der Waals surface area (Å²) in [6.45, 7) is 23.0. The molecule has 274 valence electrons. The molecule has 0 bridgehead atoms. The third-order valence-corrected chi connectivity index (χ3v) is 16.2. The lowest BCUT2D eigenvalue weighted by Gasteiger charge is -2.72. The van der Waals surface area contributed by atoms with Crippen molar-refractivity contribution in [2.45, 2.75) is 139 Å². The zero-order valence-corrected chi connectivity index (χ0v) is 32.5. The van der Waals surface area contributed by atoms with Crippen LogP contribution in [0, 0.1) is 73.9 Å². The van der Waals surface area contributed by atoms with Crippen LogP contribution in [0.25, 0.3) is 0 Å². The Morgan fingerprint density at radius 3 is 2.32 bits per heavy atom. The van der Waals surface area contributed by atoms with Crippen LogP contribution in [-0.4, -0.2) is 30.3 Å². The van der Waals surface area contributed by atoms with Crippen LogP contribution in [0.4, 0.5) is 0 Å². The zero-order chi connectivity index (χ0) is 36.5. The van der Waals surface area contributed by atoms with Crippen molar-refractivity contribution in [3.05, 3.63) is 47.5 Å². The van der Waals surface area contributed by atoms with Crippen LogP contribution in [0.3, 0.4) is 0 Å². The van der Waals surface area contributed by atoms with Gasteiger partial charge in [-0.2, -0.15) is 0 Å². The normalized spacial score (nSPS) is 40.1. The summed E-state index contributed by atoms with van der Waals surface area (Å²) in [6, 6.07) is 8.07. The molecule has 0 heterocycles. The average Bonchev–Trinajstić information content (AvgIpc) is 3.45. The van der Waals surface area contributed by atoms with E-state index in [1.165, 1.54) is 44.8 Å². The highest BCUT2D eigenvalue weighted by Crippen LogP contribution is 2.77. The number of rotatable bonds is 6. The summed E-state index contributed by atoms with van der Waals surface area (Å²) < 4.78 is 11.2. The van der Waals surface area contributed by atoms with Gasteiger partial charge in [0.1, 0.15) is 6.10 Å². The molecule has 1 aromatic carbocycles. The number of allylic oxidation sites excluding steroid dienone is 1. The Morgan fingerprint density at radius 1 is 0.920 bits per heavy atom. The first kappa shape index (κ1) is 37.2. The Balaban J connectivity index is 1.28. The van der Waals surface area contributed by atoms with E-state index in [9.17, 15) is 14.7 Å². The Hall–Kier alpha value is -2.58. The SMILES string of the molecule is C=C(C)[C@@H]1CCC2(C#Cc3ccccc3CO)CC[C@]3(C)C(CCC4[C@@]5(C)CCC(OC(=O)CC(C)(C)C(=O)OC)C(C)(C)C5CC[C@]43C)C12. The fraction of sp³-hybridized carbons (Fsp3) is 0.733. The van der Waals surface area contributed by atoms with Crippen molar-refractivity contribution in [1.29, 1.82) is 0 Å². The van der Waals surface area contributed by atoms with Gasteiger partial charge in [-0.15, -0.1) is 0 Å². The molecule has 1 aromatic rings. The largest absolute Gasteiger partial charge is 0.469 e. The van der Waals surface area contributed by atoms with Gasteiger partial charge in [0.05, 0.1) is 25.6 Å². The second-order valence-electron chi connectivity index (χ2n) is 19.3. The molecule has 6 rings (SSSR count). The molecule has 5 saturated carbocycles. The molecular weight excluding hydrogens is 620 g/mol. The van der Waals surface area contributed by atoms with Gasteiger partial charge in [0.25, 0.3) is 0 Å². The maximum atomic E-state index is 13.2. The standard InChI is InChI=1S/C45H64O5/c1-29(2)32-18-24-45(23-17-30-13-11-12-14-31(30)28-46)26-25-43(8)33(38(32)45)15-16-35-42(7)21-20-36(41(5,6)34(42)19-22-44(35,43)9)50-37(47)27-40(3,4)39(48)49-10/h11-14,32-36,38,46H,1,15-16,18-22,24-28H2,2-10H3/t32-,33?,34?,35?,36?,38?,42-,43+,44+,45?/m0/s1. The number of carbonyl (C=O) groups is 2. The molecule has 0 amide bonds. The number of carbonyl (C=O) groups excluding carboxylic acids is 2. The van der Waals surface area contributed by atoms with Crippen molar-refractivity contribution >= 4 is 11.9 Å². The van der Waals surface area contributed by atoms with Crippen molar-refractivity contribution in [3.63, 3.8) is 0 Å². The molecule has 10 atom stereocenters. The third kappa shape index (κ3) is 5.61. The Labute approximate surface area is 302 Å². The van der Waals surface area contributed by atoms with Gasteiger partial charge in [-0.3, -0.25) is 9.59 Å². The summed E-state index contributed by atoms with van der Waals surface area (Å²) in [6.07, 6.45) is 11.3. The number of aliphatic hydroxyl groups excluding tert-OH is 1. The summed E-state index contributed by atoms with van der Waals surface area (Å²) in [5, 5.41) is 10.0. The van der Waals surface area contributed by atoms with E-state index >= 15 is 0 Å². The third-order valence-electron chi connectivity index (χ3n) is 16.2. The van der Waals surface area contributed by atoms with Crippen LogP contribution in [0.1, 0.15) is 137 Å². The van der Waals surface area contributed by atoms with E-state index in [2.05, 4.69) is 66.0 Å². The summed E-state index contributed by atoms with van der Waals surface area (Å²) in [5.74, 6) is 9.58. The Kier molecular flexibility index (Phi) is 9.54. The van der Waals surface area contributed by atoms with Gasteiger partial charge < -0.3 is 14.6 Å². The topological polar surface area (TPSA) is 72.8 Å². The molecule has 5 heteroatoms. The van der Waals surface area contributed by atoms with Crippen LogP contribution in [-0.2, 0) is 25.7 Å². The average molecular weight is 685 g/mol. The van der Waals surface area contributed by atoms with E-state index in [-0.39, 0.29) is 58.1 Å². The molecule has 0 aromatic heterocycles. The van der Waals surface area contributed by atoms with Gasteiger partial charge in [0, 0.05) is 16.4 Å². The molecule has 0 saturated heterocycles. The molecule has 5 aliphatic rings. The summed E-state index contributed by atoms with van der Waals surface area (Å²) in [7, 11) is 1.37.